The molecule has 3 amide bonds. The zero-order chi connectivity index (χ0) is 50.6. The average Bonchev–Trinajstić information content (AvgIpc) is 3.94. The number of hydrogen-bond acceptors (Lipinski definition) is 12. The van der Waals surface area contributed by atoms with E-state index in [4.69, 9.17) is 40.0 Å². The Hall–Kier alpha value is -4.79. The SMILES string of the molecule is CN[C@@H](C)C(=O)N[C@H](CN1CCC[C@H]1C(=O)N[C@H]1c2ccccc2C[C@H]1OCCOCCOCCOCCOc1ccc(C(=O)NC2C(C)(C)C(Oc3ccc(C#N)c(Cl)c3)C2(C)C)cc1)C(C)(C)C. The Morgan fingerprint density at radius 2 is 1.49 bits per heavy atom. The summed E-state index contributed by atoms with van der Waals surface area (Å²) in [6.07, 6.45) is 1.97. The van der Waals surface area contributed by atoms with Gasteiger partial charge in [0.1, 0.15) is 30.3 Å². The van der Waals surface area contributed by atoms with Crippen molar-refractivity contribution in [1.29, 1.82) is 5.26 Å². The van der Waals surface area contributed by atoms with Crippen LogP contribution in [0.4, 0.5) is 0 Å². The van der Waals surface area contributed by atoms with Crippen LogP contribution in [-0.2, 0) is 35.0 Å². The maximum atomic E-state index is 14.0. The normalized spacial score (nSPS) is 22.2. The molecule has 382 valence electrons. The number of ether oxygens (including phenoxy) is 6. The first-order chi connectivity index (χ1) is 33.3. The van der Waals surface area contributed by atoms with Crippen LogP contribution in [0, 0.1) is 27.6 Å². The van der Waals surface area contributed by atoms with Crippen LogP contribution in [0.1, 0.15) is 101 Å². The maximum Gasteiger partial charge on any atom is 0.251 e. The number of nitrogens with zero attached hydrogens (tertiary/aromatic N) is 2. The average molecular weight is 988 g/mol. The summed E-state index contributed by atoms with van der Waals surface area (Å²) >= 11 is 6.24. The second-order valence-electron chi connectivity index (χ2n) is 20.9. The first-order valence-corrected chi connectivity index (χ1v) is 25.1. The van der Waals surface area contributed by atoms with Gasteiger partial charge in [0.25, 0.3) is 5.91 Å². The van der Waals surface area contributed by atoms with Gasteiger partial charge in [0, 0.05) is 47.5 Å². The molecule has 1 heterocycles. The van der Waals surface area contributed by atoms with E-state index in [9.17, 15) is 19.6 Å². The highest BCUT2D eigenvalue weighted by Crippen LogP contribution is 2.55. The number of carbonyl (C=O) groups excluding carboxylic acids is 3. The largest absolute Gasteiger partial charge is 0.491 e. The van der Waals surface area contributed by atoms with Crippen molar-refractivity contribution in [2.24, 2.45) is 16.2 Å². The molecule has 5 atom stereocenters. The minimum absolute atomic E-state index is 0.0109. The number of hydrogen-bond donors (Lipinski definition) is 4. The van der Waals surface area contributed by atoms with Crippen LogP contribution >= 0.6 is 11.6 Å². The van der Waals surface area contributed by atoms with E-state index in [0.29, 0.717) is 93.5 Å². The van der Waals surface area contributed by atoms with Crippen LogP contribution in [0.5, 0.6) is 11.5 Å². The third-order valence-electron chi connectivity index (χ3n) is 14.1. The van der Waals surface area contributed by atoms with E-state index in [-0.39, 0.29) is 76.4 Å². The van der Waals surface area contributed by atoms with Gasteiger partial charge in [-0.05, 0) is 86.3 Å². The van der Waals surface area contributed by atoms with Crippen molar-refractivity contribution in [2.45, 2.75) is 117 Å². The van der Waals surface area contributed by atoms with Crippen LogP contribution in [-0.4, -0.2) is 132 Å². The lowest BCUT2D eigenvalue weighted by molar-refractivity contribution is -0.164. The molecule has 1 saturated heterocycles. The van der Waals surface area contributed by atoms with Gasteiger partial charge < -0.3 is 49.7 Å². The number of carbonyl (C=O) groups is 3. The van der Waals surface area contributed by atoms with E-state index in [0.717, 1.165) is 24.9 Å². The predicted octanol–water partition coefficient (Wildman–Crippen LogP) is 6.65. The van der Waals surface area contributed by atoms with Crippen molar-refractivity contribution < 1.29 is 42.8 Å². The zero-order valence-electron chi connectivity index (χ0n) is 42.5. The highest BCUT2D eigenvalue weighted by Gasteiger charge is 2.64. The van der Waals surface area contributed by atoms with Crippen LogP contribution in [0.2, 0.25) is 5.02 Å². The molecule has 3 aromatic rings. The summed E-state index contributed by atoms with van der Waals surface area (Å²) in [6.45, 7) is 21.0. The summed E-state index contributed by atoms with van der Waals surface area (Å²) in [6, 6.07) is 21.2. The van der Waals surface area contributed by atoms with E-state index in [2.05, 4.69) is 92.8 Å². The van der Waals surface area contributed by atoms with Crippen molar-refractivity contribution in [3.63, 3.8) is 0 Å². The Bertz CT molecular complexity index is 2250. The monoisotopic (exact) mass is 987 g/mol. The van der Waals surface area contributed by atoms with Gasteiger partial charge in [-0.25, -0.2) is 0 Å². The van der Waals surface area contributed by atoms with Gasteiger partial charge >= 0.3 is 0 Å². The number of nitriles is 1. The predicted molar refractivity (Wildman–Crippen MR) is 269 cm³/mol. The lowest BCUT2D eigenvalue weighted by atomic mass is 9.49. The van der Waals surface area contributed by atoms with E-state index in [1.807, 2.05) is 19.1 Å². The molecule has 0 radical (unpaired) electrons. The van der Waals surface area contributed by atoms with Crippen molar-refractivity contribution >= 4 is 29.3 Å². The molecule has 0 bridgehead atoms. The molecule has 0 aromatic heterocycles. The molecule has 2 fully saturated rings. The van der Waals surface area contributed by atoms with Crippen LogP contribution in [0.25, 0.3) is 0 Å². The van der Waals surface area contributed by atoms with Crippen LogP contribution < -0.4 is 30.7 Å². The molecule has 6 rings (SSSR count). The Morgan fingerprint density at radius 1 is 0.857 bits per heavy atom. The molecule has 3 aliphatic rings. The summed E-state index contributed by atoms with van der Waals surface area (Å²) in [4.78, 5) is 42.4. The second kappa shape index (κ2) is 24.6. The van der Waals surface area contributed by atoms with E-state index in [1.54, 1.807) is 49.5 Å². The molecule has 15 nitrogen and oxygen atoms in total. The zero-order valence-corrected chi connectivity index (χ0v) is 43.3. The number of rotatable bonds is 25. The summed E-state index contributed by atoms with van der Waals surface area (Å²) < 4.78 is 35.7. The first-order valence-electron chi connectivity index (χ1n) is 24.7. The number of fused-ring (bicyclic) bond motifs is 1. The maximum absolute atomic E-state index is 14.0. The van der Waals surface area contributed by atoms with Gasteiger partial charge in [0.15, 0.2) is 0 Å². The number of benzene rings is 3. The molecule has 2 aliphatic carbocycles. The Balaban J connectivity index is 0.828. The molecular formula is C54H75ClN6O9. The van der Waals surface area contributed by atoms with Gasteiger partial charge in [0.2, 0.25) is 11.8 Å². The Morgan fingerprint density at radius 3 is 2.11 bits per heavy atom. The highest BCUT2D eigenvalue weighted by molar-refractivity contribution is 6.31. The fourth-order valence-electron chi connectivity index (χ4n) is 10.2. The molecule has 70 heavy (non-hydrogen) atoms. The number of likely N-dealkylation sites (N-methyl/N-ethyl adjacent to an activating group) is 1. The molecule has 1 saturated carbocycles. The Kier molecular flexibility index (Phi) is 19.1. The lowest BCUT2D eigenvalue weighted by Crippen LogP contribution is -2.74. The molecule has 0 spiro atoms. The van der Waals surface area contributed by atoms with E-state index >= 15 is 0 Å². The van der Waals surface area contributed by atoms with Crippen LogP contribution in [0.3, 0.4) is 0 Å². The fraction of sp³-hybridized carbons (Fsp3) is 0.593. The molecule has 4 N–H and O–H groups in total. The Labute approximate surface area is 419 Å². The molecule has 3 aromatic carbocycles. The van der Waals surface area contributed by atoms with Crippen molar-refractivity contribution in [3.8, 4) is 17.6 Å². The van der Waals surface area contributed by atoms with Crippen molar-refractivity contribution in [2.75, 3.05) is 73.0 Å². The smallest absolute Gasteiger partial charge is 0.251 e. The number of nitrogens with one attached hydrogen (secondary N) is 4. The van der Waals surface area contributed by atoms with Gasteiger partial charge in [-0.15, -0.1) is 0 Å². The number of amides is 3. The molecule has 16 heteroatoms. The highest BCUT2D eigenvalue weighted by atomic mass is 35.5. The quantitative estimate of drug-likeness (QED) is 0.0665. The lowest BCUT2D eigenvalue weighted by Gasteiger charge is -2.63. The summed E-state index contributed by atoms with van der Waals surface area (Å²) in [5.74, 6) is 0.981. The van der Waals surface area contributed by atoms with Gasteiger partial charge in [0.05, 0.1) is 81.1 Å². The summed E-state index contributed by atoms with van der Waals surface area (Å²) in [5.41, 5.74) is 2.23. The minimum atomic E-state index is -0.373. The van der Waals surface area contributed by atoms with E-state index in [1.165, 1.54) is 5.56 Å². The number of halogens is 1. The number of likely N-dealkylation sites (tertiary alicyclic amines) is 1. The van der Waals surface area contributed by atoms with E-state index < -0.39 is 0 Å². The van der Waals surface area contributed by atoms with Crippen molar-refractivity contribution in [1.82, 2.24) is 26.2 Å². The van der Waals surface area contributed by atoms with Crippen molar-refractivity contribution in [3.05, 3.63) is 94.0 Å². The molecule has 0 unspecified atom stereocenters. The standard InChI is InChI=1S/C54H75ClN6O9/c1-35(57-9)47(62)58-45(52(2,3)4)34-61-22-12-15-43(61)49(64)59-46-41-14-11-10-13-37(41)31-44(46)69-30-28-67-26-24-65-23-25-66-27-29-68-39-19-16-36(17-20-39)48(63)60-50-53(5,6)51(54(50,7)8)70-40-21-18-38(33-56)42(55)32-40/h10-11,13-14,16-21,32,35,43-46,50-51,57H,12,15,22-31,34H2,1-9H3,(H,58,62)(H,59,64)(H,60,63)/t35-,43-,44+,45+,46-,50?,51?/m0/s1. The summed E-state index contributed by atoms with van der Waals surface area (Å²) in [7, 11) is 1.77. The molecular weight excluding hydrogens is 912 g/mol. The third kappa shape index (κ3) is 13.8. The first kappa shape index (κ1) is 54.5. The topological polar surface area (TPSA) is 182 Å². The minimum Gasteiger partial charge on any atom is -0.491 e. The molecule has 1 aliphatic heterocycles. The van der Waals surface area contributed by atoms with Gasteiger partial charge in [-0.3, -0.25) is 19.3 Å². The third-order valence-corrected chi connectivity index (χ3v) is 14.4. The van der Waals surface area contributed by atoms with Gasteiger partial charge in [-0.1, -0.05) is 84.3 Å². The summed E-state index contributed by atoms with van der Waals surface area (Å²) in [5, 5.41) is 22.4. The van der Waals surface area contributed by atoms with Gasteiger partial charge in [-0.2, -0.15) is 5.26 Å². The van der Waals surface area contributed by atoms with Crippen LogP contribution in [0.15, 0.2) is 66.7 Å². The fourth-order valence-corrected chi connectivity index (χ4v) is 10.4. The second-order valence-corrected chi connectivity index (χ2v) is 21.3.